The van der Waals surface area contributed by atoms with Crippen molar-refractivity contribution in [2.45, 2.75) is 6.67 Å². The summed E-state index contributed by atoms with van der Waals surface area (Å²) in [5.74, 6) is -0.619. The minimum atomic E-state index is -0.830. The van der Waals surface area contributed by atoms with Gasteiger partial charge >= 0.3 is 0 Å². The van der Waals surface area contributed by atoms with E-state index < -0.39 is 12.5 Å². The van der Waals surface area contributed by atoms with Gasteiger partial charge in [-0.2, -0.15) is 0 Å². The Morgan fingerprint density at radius 3 is 2.55 bits per heavy atom. The number of alkyl halides is 1. The van der Waals surface area contributed by atoms with Gasteiger partial charge in [0.05, 0.1) is 0 Å². The largest absolute Gasteiger partial charge is 0.246 e. The fourth-order valence-corrected chi connectivity index (χ4v) is 1.58. The molecule has 1 rings (SSSR count). The molecule has 1 aromatic rings. The van der Waals surface area contributed by atoms with Gasteiger partial charge < -0.3 is 0 Å². The van der Waals surface area contributed by atoms with E-state index in [1.807, 2.05) is 0 Å². The summed E-state index contributed by atoms with van der Waals surface area (Å²) < 4.78 is 25.2. The van der Waals surface area contributed by atoms with Gasteiger partial charge in [-0.25, -0.2) is 8.78 Å². The SMILES string of the molecule is FCc1c(F)cc(Cl)cc1Br. The van der Waals surface area contributed by atoms with E-state index in [1.165, 1.54) is 6.07 Å². The normalized spacial score (nSPS) is 10.2. The second kappa shape index (κ2) is 3.50. The maximum absolute atomic E-state index is 12.8. The molecular weight excluding hydrogens is 237 g/mol. The molecule has 0 nitrogen and oxygen atoms in total. The van der Waals surface area contributed by atoms with Gasteiger partial charge in [-0.1, -0.05) is 27.5 Å². The van der Waals surface area contributed by atoms with Crippen LogP contribution in [0.15, 0.2) is 16.6 Å². The maximum atomic E-state index is 12.8. The van der Waals surface area contributed by atoms with E-state index in [-0.39, 0.29) is 10.6 Å². The van der Waals surface area contributed by atoms with Crippen molar-refractivity contribution < 1.29 is 8.78 Å². The molecule has 0 aliphatic rings. The van der Waals surface area contributed by atoms with Gasteiger partial charge in [0.15, 0.2) is 0 Å². The van der Waals surface area contributed by atoms with Crippen LogP contribution >= 0.6 is 27.5 Å². The number of hydrogen-bond acceptors (Lipinski definition) is 0. The summed E-state index contributed by atoms with van der Waals surface area (Å²) in [6.07, 6.45) is 0. The summed E-state index contributed by atoms with van der Waals surface area (Å²) in [6, 6.07) is 2.54. The van der Waals surface area contributed by atoms with Crippen molar-refractivity contribution >= 4 is 27.5 Å². The molecule has 0 aromatic heterocycles. The first-order chi connectivity index (χ1) is 5.15. The van der Waals surface area contributed by atoms with Gasteiger partial charge in [-0.05, 0) is 12.1 Å². The zero-order valence-electron chi connectivity index (χ0n) is 5.37. The second-order valence-corrected chi connectivity index (χ2v) is 3.27. The summed E-state index contributed by atoms with van der Waals surface area (Å²) >= 11 is 8.48. The van der Waals surface area contributed by atoms with E-state index in [0.29, 0.717) is 4.47 Å². The minimum absolute atomic E-state index is 0.00870. The first-order valence-corrected chi connectivity index (χ1v) is 4.01. The molecule has 1 aromatic carbocycles. The van der Waals surface area contributed by atoms with Crippen LogP contribution in [0.5, 0.6) is 0 Å². The van der Waals surface area contributed by atoms with Gasteiger partial charge in [-0.3, -0.25) is 0 Å². The first kappa shape index (κ1) is 8.94. The topological polar surface area (TPSA) is 0 Å². The van der Waals surface area contributed by atoms with Crippen LogP contribution in [0.2, 0.25) is 5.02 Å². The molecule has 0 unspecified atom stereocenters. The van der Waals surface area contributed by atoms with Crippen LogP contribution in [-0.2, 0) is 6.67 Å². The van der Waals surface area contributed by atoms with Gasteiger partial charge in [0, 0.05) is 15.1 Å². The average molecular weight is 241 g/mol. The second-order valence-electron chi connectivity index (χ2n) is 1.98. The lowest BCUT2D eigenvalue weighted by Gasteiger charge is -2.00. The van der Waals surface area contributed by atoms with Crippen LogP contribution in [0.3, 0.4) is 0 Å². The van der Waals surface area contributed by atoms with Gasteiger partial charge in [0.2, 0.25) is 0 Å². The summed E-state index contributed by atoms with van der Waals surface area (Å²) in [7, 11) is 0. The Labute approximate surface area is 76.3 Å². The third-order valence-corrected chi connectivity index (χ3v) is 2.17. The smallest absolute Gasteiger partial charge is 0.131 e. The van der Waals surface area contributed by atoms with Crippen LogP contribution < -0.4 is 0 Å². The zero-order valence-corrected chi connectivity index (χ0v) is 7.72. The van der Waals surface area contributed by atoms with E-state index in [1.54, 1.807) is 0 Å². The fourth-order valence-electron chi connectivity index (χ4n) is 0.700. The van der Waals surface area contributed by atoms with Gasteiger partial charge in [0.1, 0.15) is 12.5 Å². The van der Waals surface area contributed by atoms with Crippen LogP contribution in [-0.4, -0.2) is 0 Å². The predicted octanol–water partition coefficient (Wildman–Crippen LogP) is 3.71. The van der Waals surface area contributed by atoms with Gasteiger partial charge in [0.25, 0.3) is 0 Å². The summed E-state index contributed by atoms with van der Waals surface area (Å²) in [5.41, 5.74) is 0.00870. The monoisotopic (exact) mass is 240 g/mol. The van der Waals surface area contributed by atoms with Crippen LogP contribution in [0.1, 0.15) is 5.56 Å². The lowest BCUT2D eigenvalue weighted by Crippen LogP contribution is -1.87. The molecule has 0 spiro atoms. The maximum Gasteiger partial charge on any atom is 0.131 e. The number of halogens is 4. The average Bonchev–Trinajstić information content (AvgIpc) is 1.85. The highest BCUT2D eigenvalue weighted by atomic mass is 79.9. The number of hydrogen-bond donors (Lipinski definition) is 0. The Balaban J connectivity index is 3.25. The molecule has 0 saturated heterocycles. The molecule has 0 amide bonds. The Morgan fingerprint density at radius 1 is 1.45 bits per heavy atom. The van der Waals surface area contributed by atoms with Crippen molar-refractivity contribution in [3.8, 4) is 0 Å². The molecule has 0 aliphatic heterocycles. The Hall–Kier alpha value is -0.150. The van der Waals surface area contributed by atoms with E-state index in [4.69, 9.17) is 11.6 Å². The van der Waals surface area contributed by atoms with Crippen molar-refractivity contribution in [2.75, 3.05) is 0 Å². The predicted molar refractivity (Wildman–Crippen MR) is 43.9 cm³/mol. The van der Waals surface area contributed by atoms with Crippen molar-refractivity contribution in [1.29, 1.82) is 0 Å². The Kier molecular flexibility index (Phi) is 2.84. The lowest BCUT2D eigenvalue weighted by molar-refractivity contribution is 0.462. The highest BCUT2D eigenvalue weighted by Gasteiger charge is 2.07. The summed E-state index contributed by atoms with van der Waals surface area (Å²) in [6.45, 7) is -0.830. The van der Waals surface area contributed by atoms with Crippen LogP contribution in [0.25, 0.3) is 0 Å². The zero-order chi connectivity index (χ0) is 8.43. The molecular formula is C7H4BrClF2. The van der Waals surface area contributed by atoms with E-state index in [2.05, 4.69) is 15.9 Å². The third kappa shape index (κ3) is 1.91. The first-order valence-electron chi connectivity index (χ1n) is 2.84. The molecule has 0 bridgehead atoms. The van der Waals surface area contributed by atoms with E-state index in [9.17, 15) is 8.78 Å². The molecule has 11 heavy (non-hydrogen) atoms. The lowest BCUT2D eigenvalue weighted by atomic mass is 10.2. The number of benzene rings is 1. The van der Waals surface area contributed by atoms with E-state index >= 15 is 0 Å². The van der Waals surface area contributed by atoms with Gasteiger partial charge in [-0.15, -0.1) is 0 Å². The highest BCUT2D eigenvalue weighted by molar-refractivity contribution is 9.10. The number of rotatable bonds is 1. The molecule has 60 valence electrons. The molecule has 0 aliphatic carbocycles. The molecule has 4 heteroatoms. The molecule has 0 radical (unpaired) electrons. The van der Waals surface area contributed by atoms with Crippen LogP contribution in [0, 0.1) is 5.82 Å². The fraction of sp³-hybridized carbons (Fsp3) is 0.143. The quantitative estimate of drug-likeness (QED) is 0.703. The standard InChI is InChI=1S/C7H4BrClF2/c8-6-1-4(9)2-7(11)5(6)3-10/h1-2H,3H2. The van der Waals surface area contributed by atoms with E-state index in [0.717, 1.165) is 6.07 Å². The molecule has 0 N–H and O–H groups in total. The molecule has 0 atom stereocenters. The molecule has 0 saturated carbocycles. The Bertz CT molecular complexity index is 252. The third-order valence-electron chi connectivity index (χ3n) is 1.24. The highest BCUT2D eigenvalue weighted by Crippen LogP contribution is 2.25. The van der Waals surface area contributed by atoms with Crippen LogP contribution in [0.4, 0.5) is 8.78 Å². The minimum Gasteiger partial charge on any atom is -0.246 e. The van der Waals surface area contributed by atoms with Crippen molar-refractivity contribution in [3.05, 3.63) is 33.0 Å². The Morgan fingerprint density at radius 2 is 2.09 bits per heavy atom. The van der Waals surface area contributed by atoms with Crippen molar-refractivity contribution in [2.24, 2.45) is 0 Å². The van der Waals surface area contributed by atoms with Crippen molar-refractivity contribution in [1.82, 2.24) is 0 Å². The summed E-state index contributed by atoms with van der Waals surface area (Å²) in [5, 5.41) is 0.256. The molecule has 0 heterocycles. The van der Waals surface area contributed by atoms with Crippen molar-refractivity contribution in [3.63, 3.8) is 0 Å². The molecule has 0 fully saturated rings. The summed E-state index contributed by atoms with van der Waals surface area (Å²) in [4.78, 5) is 0.